The molecule has 1 aliphatic heterocycles. The maximum atomic E-state index is 13.5. The summed E-state index contributed by atoms with van der Waals surface area (Å²) in [6.45, 7) is 3.19. The molecule has 0 unspecified atom stereocenters. The molecule has 1 fully saturated rings. The Kier molecular flexibility index (Phi) is 6.76. The summed E-state index contributed by atoms with van der Waals surface area (Å²) in [5, 5.41) is 0.905. The van der Waals surface area contributed by atoms with Crippen LogP contribution in [0.4, 0.5) is 0 Å². The van der Waals surface area contributed by atoms with Crippen LogP contribution in [0.5, 0.6) is 5.75 Å². The standard InChI is InChI=1S/C30H31N3O3/c1-21-7-6-10-23(15-21)18-33-25(12-11-22-8-4-3-5-9-22)19-32(20-29(33)34)30(35)28-17-24-16-26(36-2)13-14-27(24)31-28/h3-10,13-17,25,31H,11-12,18-20H2,1-2H3/t25-/m0/s1. The van der Waals surface area contributed by atoms with Crippen LogP contribution in [0, 0.1) is 6.92 Å². The Hall–Kier alpha value is -4.06. The molecular formula is C30H31N3O3. The van der Waals surface area contributed by atoms with Crippen LogP contribution in [-0.2, 0) is 17.8 Å². The van der Waals surface area contributed by atoms with E-state index in [1.165, 1.54) is 11.1 Å². The molecule has 0 radical (unpaired) electrons. The summed E-state index contributed by atoms with van der Waals surface area (Å²) >= 11 is 0. The molecule has 0 saturated carbocycles. The molecule has 1 saturated heterocycles. The van der Waals surface area contributed by atoms with Crippen molar-refractivity contribution in [1.29, 1.82) is 0 Å². The van der Waals surface area contributed by atoms with E-state index in [0.717, 1.165) is 35.1 Å². The van der Waals surface area contributed by atoms with Crippen LogP contribution >= 0.6 is 0 Å². The zero-order chi connectivity index (χ0) is 25.1. The quantitative estimate of drug-likeness (QED) is 0.405. The Labute approximate surface area is 211 Å². The van der Waals surface area contributed by atoms with Crippen LogP contribution in [0.2, 0.25) is 0 Å². The highest BCUT2D eigenvalue weighted by Crippen LogP contribution is 2.25. The molecule has 1 atom stereocenters. The van der Waals surface area contributed by atoms with Gasteiger partial charge in [-0.2, -0.15) is 0 Å². The number of nitrogens with one attached hydrogen (secondary N) is 1. The summed E-state index contributed by atoms with van der Waals surface area (Å²) in [5.74, 6) is 0.562. The lowest BCUT2D eigenvalue weighted by Crippen LogP contribution is -2.57. The van der Waals surface area contributed by atoms with Gasteiger partial charge in [0, 0.05) is 24.0 Å². The summed E-state index contributed by atoms with van der Waals surface area (Å²) in [6.07, 6.45) is 1.63. The molecule has 1 aromatic heterocycles. The summed E-state index contributed by atoms with van der Waals surface area (Å²) in [7, 11) is 1.62. The van der Waals surface area contributed by atoms with E-state index < -0.39 is 0 Å². The number of aromatic nitrogens is 1. The SMILES string of the molecule is COc1ccc2[nH]c(C(=O)N3CC(=O)N(Cc4cccc(C)c4)[C@@H](CCc4ccccc4)C3)cc2c1. The van der Waals surface area contributed by atoms with Crippen LogP contribution in [0.1, 0.15) is 33.6 Å². The summed E-state index contributed by atoms with van der Waals surface area (Å²) < 4.78 is 5.31. The van der Waals surface area contributed by atoms with E-state index in [2.05, 4.69) is 42.2 Å². The van der Waals surface area contributed by atoms with Crippen molar-refractivity contribution < 1.29 is 14.3 Å². The van der Waals surface area contributed by atoms with Gasteiger partial charge in [-0.1, -0.05) is 60.2 Å². The summed E-state index contributed by atoms with van der Waals surface area (Å²) in [5.41, 5.74) is 4.86. The van der Waals surface area contributed by atoms with Crippen molar-refractivity contribution in [3.63, 3.8) is 0 Å². The van der Waals surface area contributed by atoms with E-state index in [0.29, 0.717) is 18.8 Å². The van der Waals surface area contributed by atoms with Gasteiger partial charge in [-0.25, -0.2) is 0 Å². The fraction of sp³-hybridized carbons (Fsp3) is 0.267. The van der Waals surface area contributed by atoms with E-state index in [1.807, 2.05) is 53.4 Å². The number of H-pyrrole nitrogens is 1. The fourth-order valence-corrected chi connectivity index (χ4v) is 5.00. The summed E-state index contributed by atoms with van der Waals surface area (Å²) in [6, 6.07) is 26.0. The maximum Gasteiger partial charge on any atom is 0.270 e. The van der Waals surface area contributed by atoms with Crippen molar-refractivity contribution >= 4 is 22.7 Å². The molecule has 184 valence electrons. The van der Waals surface area contributed by atoms with Crippen molar-refractivity contribution in [2.75, 3.05) is 20.2 Å². The number of benzene rings is 3. The molecule has 2 heterocycles. The Morgan fingerprint density at radius 1 is 1.00 bits per heavy atom. The van der Waals surface area contributed by atoms with Gasteiger partial charge in [0.05, 0.1) is 13.2 Å². The van der Waals surface area contributed by atoms with E-state index in [9.17, 15) is 9.59 Å². The average Bonchev–Trinajstić information content (AvgIpc) is 3.32. The van der Waals surface area contributed by atoms with Gasteiger partial charge in [0.15, 0.2) is 0 Å². The van der Waals surface area contributed by atoms with E-state index in [-0.39, 0.29) is 24.4 Å². The van der Waals surface area contributed by atoms with Gasteiger partial charge in [0.2, 0.25) is 5.91 Å². The number of aryl methyl sites for hydroxylation is 2. The predicted molar refractivity (Wildman–Crippen MR) is 141 cm³/mol. The minimum atomic E-state index is -0.154. The lowest BCUT2D eigenvalue weighted by atomic mass is 10.00. The van der Waals surface area contributed by atoms with Crippen molar-refractivity contribution in [2.45, 2.75) is 32.4 Å². The zero-order valence-corrected chi connectivity index (χ0v) is 20.7. The van der Waals surface area contributed by atoms with E-state index in [1.54, 1.807) is 12.0 Å². The third-order valence-electron chi connectivity index (χ3n) is 6.91. The highest BCUT2D eigenvalue weighted by atomic mass is 16.5. The van der Waals surface area contributed by atoms with Gasteiger partial charge in [-0.3, -0.25) is 9.59 Å². The Balaban J connectivity index is 1.38. The molecular weight excluding hydrogens is 450 g/mol. The molecule has 4 aromatic rings. The second kappa shape index (κ2) is 10.3. The molecule has 0 aliphatic carbocycles. The molecule has 2 amide bonds. The van der Waals surface area contributed by atoms with Crippen molar-refractivity contribution in [2.24, 2.45) is 0 Å². The van der Waals surface area contributed by atoms with Gasteiger partial charge in [-0.15, -0.1) is 0 Å². The fourth-order valence-electron chi connectivity index (χ4n) is 5.00. The lowest BCUT2D eigenvalue weighted by Gasteiger charge is -2.41. The molecule has 1 N–H and O–H groups in total. The monoisotopic (exact) mass is 481 g/mol. The minimum absolute atomic E-state index is 0.0213. The smallest absolute Gasteiger partial charge is 0.270 e. The highest BCUT2D eigenvalue weighted by Gasteiger charge is 2.35. The van der Waals surface area contributed by atoms with Crippen LogP contribution in [0.3, 0.4) is 0 Å². The first kappa shape index (κ1) is 23.7. The van der Waals surface area contributed by atoms with E-state index in [4.69, 9.17) is 4.74 Å². The predicted octanol–water partition coefficient (Wildman–Crippen LogP) is 4.97. The minimum Gasteiger partial charge on any atom is -0.497 e. The Morgan fingerprint density at radius 2 is 1.81 bits per heavy atom. The topological polar surface area (TPSA) is 65.6 Å². The largest absolute Gasteiger partial charge is 0.497 e. The number of amides is 2. The maximum absolute atomic E-state index is 13.5. The number of rotatable bonds is 7. The number of carbonyl (C=O) groups excluding carboxylic acids is 2. The molecule has 0 spiro atoms. The lowest BCUT2D eigenvalue weighted by molar-refractivity contribution is -0.139. The number of aromatic amines is 1. The molecule has 6 nitrogen and oxygen atoms in total. The number of ether oxygens (including phenoxy) is 1. The van der Waals surface area contributed by atoms with Gasteiger partial charge in [0.1, 0.15) is 18.0 Å². The molecule has 36 heavy (non-hydrogen) atoms. The van der Waals surface area contributed by atoms with Crippen molar-refractivity contribution in [3.05, 3.63) is 101 Å². The van der Waals surface area contributed by atoms with Crippen molar-refractivity contribution in [3.8, 4) is 5.75 Å². The van der Waals surface area contributed by atoms with Crippen LogP contribution in [0.15, 0.2) is 78.9 Å². The number of carbonyl (C=O) groups is 2. The number of hydrogen-bond donors (Lipinski definition) is 1. The first-order chi connectivity index (χ1) is 17.5. The second-order valence-electron chi connectivity index (χ2n) is 9.51. The van der Waals surface area contributed by atoms with Crippen molar-refractivity contribution in [1.82, 2.24) is 14.8 Å². The van der Waals surface area contributed by atoms with Crippen LogP contribution in [0.25, 0.3) is 10.9 Å². The second-order valence-corrected chi connectivity index (χ2v) is 9.51. The van der Waals surface area contributed by atoms with Gasteiger partial charge >= 0.3 is 0 Å². The molecule has 6 heteroatoms. The van der Waals surface area contributed by atoms with Crippen LogP contribution in [-0.4, -0.2) is 52.8 Å². The van der Waals surface area contributed by atoms with Gasteiger partial charge < -0.3 is 19.5 Å². The number of piperazine rings is 1. The highest BCUT2D eigenvalue weighted by molar-refractivity contribution is 6.00. The number of methoxy groups -OCH3 is 1. The number of hydrogen-bond acceptors (Lipinski definition) is 3. The number of nitrogens with zero attached hydrogens (tertiary/aromatic N) is 2. The number of fused-ring (bicyclic) bond motifs is 1. The average molecular weight is 482 g/mol. The van der Waals surface area contributed by atoms with Gasteiger partial charge in [-0.05, 0) is 55.2 Å². The molecule has 0 bridgehead atoms. The first-order valence-corrected chi connectivity index (χ1v) is 12.3. The first-order valence-electron chi connectivity index (χ1n) is 12.3. The van der Waals surface area contributed by atoms with Crippen LogP contribution < -0.4 is 4.74 Å². The molecule has 5 rings (SSSR count). The third kappa shape index (κ3) is 5.13. The molecule has 1 aliphatic rings. The Morgan fingerprint density at radius 3 is 2.58 bits per heavy atom. The van der Waals surface area contributed by atoms with Gasteiger partial charge in [0.25, 0.3) is 5.91 Å². The third-order valence-corrected chi connectivity index (χ3v) is 6.91. The normalized spacial score (nSPS) is 15.9. The molecule has 3 aromatic carbocycles. The Bertz CT molecular complexity index is 1380. The summed E-state index contributed by atoms with van der Waals surface area (Å²) in [4.78, 5) is 33.8. The zero-order valence-electron chi connectivity index (χ0n) is 20.7. The van der Waals surface area contributed by atoms with E-state index >= 15 is 0 Å².